The van der Waals surface area contributed by atoms with Gasteiger partial charge < -0.3 is 10.2 Å². The fourth-order valence-electron chi connectivity index (χ4n) is 1.57. The minimum Gasteiger partial charge on any atom is -0.389 e. The van der Waals surface area contributed by atoms with E-state index in [1.165, 1.54) is 11.6 Å². The second-order valence-corrected chi connectivity index (χ2v) is 5.17. The zero-order chi connectivity index (χ0) is 13.5. The van der Waals surface area contributed by atoms with E-state index >= 15 is 0 Å². The van der Waals surface area contributed by atoms with E-state index in [9.17, 15) is 10.2 Å². The van der Waals surface area contributed by atoms with Gasteiger partial charge in [0.05, 0.1) is 11.7 Å². The molecule has 98 valence electrons. The van der Waals surface area contributed by atoms with Gasteiger partial charge in [0.15, 0.2) is 0 Å². The Labute approximate surface area is 105 Å². The molecule has 2 N–H and O–H groups in total. The average Bonchev–Trinajstić information content (AvgIpc) is 2.15. The zero-order valence-corrected chi connectivity index (χ0v) is 11.5. The molecule has 0 bridgehead atoms. The van der Waals surface area contributed by atoms with Crippen molar-refractivity contribution in [3.63, 3.8) is 0 Å². The van der Waals surface area contributed by atoms with Crippen molar-refractivity contribution < 1.29 is 10.2 Å². The van der Waals surface area contributed by atoms with Crippen LogP contribution < -0.4 is 0 Å². The van der Waals surface area contributed by atoms with Gasteiger partial charge in [-0.05, 0) is 40.5 Å². The summed E-state index contributed by atoms with van der Waals surface area (Å²) < 4.78 is 0. The summed E-state index contributed by atoms with van der Waals surface area (Å²) in [6.45, 7) is 11.4. The molecule has 17 heavy (non-hydrogen) atoms. The van der Waals surface area contributed by atoms with Crippen molar-refractivity contribution in [2.24, 2.45) is 0 Å². The van der Waals surface area contributed by atoms with Crippen molar-refractivity contribution in [2.75, 3.05) is 0 Å². The molecule has 0 aliphatic rings. The van der Waals surface area contributed by atoms with Gasteiger partial charge in [-0.1, -0.05) is 29.4 Å². The van der Waals surface area contributed by atoms with E-state index in [-0.39, 0.29) is 6.42 Å². The van der Waals surface area contributed by atoms with Crippen molar-refractivity contribution in [1.82, 2.24) is 0 Å². The minimum absolute atomic E-state index is 0.288. The predicted octanol–water partition coefficient (Wildman–Crippen LogP) is 3.37. The normalized spacial score (nSPS) is 17.2. The number of hydrogen-bond acceptors (Lipinski definition) is 2. The largest absolute Gasteiger partial charge is 0.389 e. The molecule has 0 saturated carbocycles. The lowest BCUT2D eigenvalue weighted by Gasteiger charge is -2.20. The fourth-order valence-corrected chi connectivity index (χ4v) is 1.57. The van der Waals surface area contributed by atoms with Crippen LogP contribution in [0.3, 0.4) is 0 Å². The lowest BCUT2D eigenvalue weighted by Crippen LogP contribution is -2.26. The number of hydrogen-bond donors (Lipinski definition) is 2. The van der Waals surface area contributed by atoms with E-state index in [0.717, 1.165) is 18.4 Å². The Hall–Kier alpha value is -0.860. The first kappa shape index (κ1) is 16.1. The lowest BCUT2D eigenvalue weighted by atomic mass is 9.97. The van der Waals surface area contributed by atoms with Gasteiger partial charge >= 0.3 is 0 Å². The highest BCUT2D eigenvalue weighted by atomic mass is 16.3. The Morgan fingerprint density at radius 1 is 1.35 bits per heavy atom. The first-order chi connectivity index (χ1) is 7.76. The van der Waals surface area contributed by atoms with Crippen LogP contribution in [0, 0.1) is 0 Å². The van der Waals surface area contributed by atoms with E-state index in [1.54, 1.807) is 6.92 Å². The summed E-state index contributed by atoms with van der Waals surface area (Å²) in [6.07, 6.45) is 7.07. The molecule has 2 heteroatoms. The predicted molar refractivity (Wildman–Crippen MR) is 73.9 cm³/mol. The van der Waals surface area contributed by atoms with Crippen LogP contribution in [0.1, 0.15) is 47.0 Å². The second kappa shape index (κ2) is 7.46. The SMILES string of the molecule is C=C[C@@](C)(O)C[C@H](O)/C=C(\C)CCC=C(C)C. The molecule has 0 heterocycles. The molecule has 2 atom stereocenters. The van der Waals surface area contributed by atoms with E-state index in [1.807, 2.05) is 13.0 Å². The van der Waals surface area contributed by atoms with E-state index < -0.39 is 11.7 Å². The number of rotatable bonds is 7. The summed E-state index contributed by atoms with van der Waals surface area (Å²) in [4.78, 5) is 0. The molecule has 0 aliphatic heterocycles. The van der Waals surface area contributed by atoms with Gasteiger partial charge in [0.25, 0.3) is 0 Å². The Bertz CT molecular complexity index is 294. The smallest absolute Gasteiger partial charge is 0.0824 e. The second-order valence-electron chi connectivity index (χ2n) is 5.17. The maximum absolute atomic E-state index is 9.80. The van der Waals surface area contributed by atoms with Gasteiger partial charge in [-0.3, -0.25) is 0 Å². The molecule has 0 spiro atoms. The minimum atomic E-state index is -1.00. The van der Waals surface area contributed by atoms with Crippen LogP contribution in [0.4, 0.5) is 0 Å². The summed E-state index contributed by atoms with van der Waals surface area (Å²) in [5.41, 5.74) is 1.46. The maximum Gasteiger partial charge on any atom is 0.0824 e. The third kappa shape index (κ3) is 8.90. The summed E-state index contributed by atoms with van der Waals surface area (Å²) in [5, 5.41) is 19.5. The van der Waals surface area contributed by atoms with Crippen LogP contribution in [-0.4, -0.2) is 21.9 Å². The van der Waals surface area contributed by atoms with Crippen molar-refractivity contribution in [3.05, 3.63) is 36.0 Å². The first-order valence-corrected chi connectivity index (χ1v) is 6.11. The van der Waals surface area contributed by atoms with Gasteiger partial charge in [-0.15, -0.1) is 6.58 Å². The molecule has 0 aromatic rings. The van der Waals surface area contributed by atoms with Crippen LogP contribution in [0.15, 0.2) is 36.0 Å². The standard InChI is InChI=1S/C15H26O2/c1-6-15(5,17)11-14(16)10-13(4)9-7-8-12(2)3/h6,8,10,14,16-17H,1,7,9,11H2,2-5H3/b13-10+/t14-,15-/m1/s1. The van der Waals surface area contributed by atoms with E-state index in [2.05, 4.69) is 26.5 Å². The molecular weight excluding hydrogens is 212 g/mol. The number of aliphatic hydroxyl groups excluding tert-OH is 1. The molecule has 0 fully saturated rings. The molecule has 0 aromatic heterocycles. The third-order valence-corrected chi connectivity index (χ3v) is 2.63. The highest BCUT2D eigenvalue weighted by molar-refractivity contribution is 5.07. The molecule has 0 amide bonds. The molecule has 0 rings (SSSR count). The van der Waals surface area contributed by atoms with Gasteiger partial charge in [-0.2, -0.15) is 0 Å². The van der Waals surface area contributed by atoms with Crippen LogP contribution in [-0.2, 0) is 0 Å². The summed E-state index contributed by atoms with van der Waals surface area (Å²) in [5.74, 6) is 0. The highest BCUT2D eigenvalue weighted by Gasteiger charge is 2.19. The molecule has 2 nitrogen and oxygen atoms in total. The molecule has 0 radical (unpaired) electrons. The highest BCUT2D eigenvalue weighted by Crippen LogP contribution is 2.16. The van der Waals surface area contributed by atoms with Gasteiger partial charge in [0, 0.05) is 6.42 Å². The van der Waals surface area contributed by atoms with Gasteiger partial charge in [0.1, 0.15) is 0 Å². The Morgan fingerprint density at radius 2 is 1.94 bits per heavy atom. The fraction of sp³-hybridized carbons (Fsp3) is 0.600. The molecule has 0 saturated heterocycles. The maximum atomic E-state index is 9.80. The number of allylic oxidation sites excluding steroid dienone is 3. The Morgan fingerprint density at radius 3 is 2.41 bits per heavy atom. The van der Waals surface area contributed by atoms with Crippen LogP contribution in [0.2, 0.25) is 0 Å². The van der Waals surface area contributed by atoms with Crippen LogP contribution in [0.25, 0.3) is 0 Å². The summed E-state index contributed by atoms with van der Waals surface area (Å²) in [7, 11) is 0. The zero-order valence-electron chi connectivity index (χ0n) is 11.5. The van der Waals surface area contributed by atoms with E-state index in [4.69, 9.17) is 0 Å². The van der Waals surface area contributed by atoms with Gasteiger partial charge in [-0.25, -0.2) is 0 Å². The topological polar surface area (TPSA) is 40.5 Å². The van der Waals surface area contributed by atoms with Gasteiger partial charge in [0.2, 0.25) is 0 Å². The van der Waals surface area contributed by atoms with Crippen molar-refractivity contribution in [3.8, 4) is 0 Å². The molecule has 0 unspecified atom stereocenters. The summed E-state index contributed by atoms with van der Waals surface area (Å²) >= 11 is 0. The lowest BCUT2D eigenvalue weighted by molar-refractivity contribution is 0.0574. The van der Waals surface area contributed by atoms with Crippen molar-refractivity contribution in [2.45, 2.75) is 58.7 Å². The van der Waals surface area contributed by atoms with Crippen LogP contribution >= 0.6 is 0 Å². The Kier molecular flexibility index (Phi) is 7.09. The number of aliphatic hydroxyl groups is 2. The Balaban J connectivity index is 4.19. The third-order valence-electron chi connectivity index (χ3n) is 2.63. The van der Waals surface area contributed by atoms with Crippen molar-refractivity contribution >= 4 is 0 Å². The monoisotopic (exact) mass is 238 g/mol. The van der Waals surface area contributed by atoms with Crippen LogP contribution in [0.5, 0.6) is 0 Å². The molecular formula is C15H26O2. The van der Waals surface area contributed by atoms with E-state index in [0.29, 0.717) is 0 Å². The average molecular weight is 238 g/mol. The first-order valence-electron chi connectivity index (χ1n) is 6.11. The molecule has 0 aliphatic carbocycles. The molecule has 0 aromatic carbocycles. The van der Waals surface area contributed by atoms with Crippen molar-refractivity contribution in [1.29, 1.82) is 0 Å². The quantitative estimate of drug-likeness (QED) is 0.668. The summed E-state index contributed by atoms with van der Waals surface area (Å²) in [6, 6.07) is 0.